The van der Waals surface area contributed by atoms with Gasteiger partial charge in [-0.1, -0.05) is 0 Å². The van der Waals surface area contributed by atoms with E-state index in [4.69, 9.17) is 16.2 Å². The zero-order valence-corrected chi connectivity index (χ0v) is 13.8. The molecule has 0 aromatic carbocycles. The Labute approximate surface area is 129 Å². The molecule has 2 heterocycles. The van der Waals surface area contributed by atoms with Gasteiger partial charge in [-0.05, 0) is 0 Å². The predicted octanol–water partition coefficient (Wildman–Crippen LogP) is -1.85. The second kappa shape index (κ2) is 5.88. The third-order valence-electron chi connectivity index (χ3n) is 3.95. The molecule has 2 fully saturated rings. The van der Waals surface area contributed by atoms with E-state index in [1.54, 1.807) is 7.11 Å². The monoisotopic (exact) mass is 390 g/mol. The number of hydrogen-bond acceptors (Lipinski definition) is 6. The molecule has 0 radical (unpaired) electrons. The summed E-state index contributed by atoms with van der Waals surface area (Å²) in [5.41, 5.74) is 13.7. The summed E-state index contributed by atoms with van der Waals surface area (Å²) in [7, 11) is 1.78. The van der Waals surface area contributed by atoms with Crippen LogP contribution in [0.5, 0.6) is 0 Å². The quantitative estimate of drug-likeness (QED) is 0.413. The van der Waals surface area contributed by atoms with Crippen molar-refractivity contribution in [2.75, 3.05) is 28.3 Å². The van der Waals surface area contributed by atoms with Crippen molar-refractivity contribution in [3.05, 3.63) is 5.69 Å². The molecular weight excluding hydrogens is 369 g/mol. The fourth-order valence-corrected chi connectivity index (χ4v) is 4.24. The summed E-state index contributed by atoms with van der Waals surface area (Å²) < 4.78 is 7.25. The SMILES string of the molecule is COC1CCC(Nc2nc(N)nc(C3C[I-]3)c2N)CC1. The van der Waals surface area contributed by atoms with E-state index in [9.17, 15) is 0 Å². The van der Waals surface area contributed by atoms with Crippen molar-refractivity contribution in [2.24, 2.45) is 0 Å². The maximum atomic E-state index is 6.21. The molecule has 1 aliphatic carbocycles. The second-order valence-corrected chi connectivity index (χ2v) is 8.62. The average Bonchev–Trinajstić information content (AvgIpc) is 3.28. The molecule has 0 spiro atoms. The van der Waals surface area contributed by atoms with Crippen LogP contribution in [-0.4, -0.2) is 33.7 Å². The molecule has 1 aromatic heterocycles. The first-order valence-corrected chi connectivity index (χ1v) is 9.74. The second-order valence-electron chi connectivity index (χ2n) is 5.36. The standard InChI is InChI=1S/C13H21IN5O/c1-20-8-4-2-7(3-5-8)17-12-10(15)11(9-6-14-9)18-13(16)19-12/h7-9H,2-6,15H2,1H3,(H3,16,17,18,19)/q-1. The average molecular weight is 390 g/mol. The Balaban J connectivity index is 1.71. The van der Waals surface area contributed by atoms with Crippen molar-refractivity contribution in [1.82, 2.24) is 9.97 Å². The molecule has 0 amide bonds. The van der Waals surface area contributed by atoms with Crippen molar-refractivity contribution in [3.63, 3.8) is 0 Å². The fraction of sp³-hybridized carbons (Fsp3) is 0.692. The van der Waals surface area contributed by atoms with Crippen molar-refractivity contribution < 1.29 is 25.9 Å². The van der Waals surface area contributed by atoms with Gasteiger partial charge in [-0.3, -0.25) is 0 Å². The van der Waals surface area contributed by atoms with Crippen LogP contribution < -0.4 is 38.0 Å². The number of halogens is 1. The van der Waals surface area contributed by atoms with Crippen LogP contribution in [0, 0.1) is 0 Å². The number of anilines is 3. The molecule has 7 heteroatoms. The first-order valence-electron chi connectivity index (χ1n) is 6.97. The first-order chi connectivity index (χ1) is 9.67. The first kappa shape index (κ1) is 14.1. The minimum atomic E-state index is 0.254. The van der Waals surface area contributed by atoms with Crippen LogP contribution in [0.3, 0.4) is 0 Å². The zero-order chi connectivity index (χ0) is 14.1. The van der Waals surface area contributed by atoms with Crippen LogP contribution in [-0.2, 0) is 4.74 Å². The van der Waals surface area contributed by atoms with E-state index in [0.717, 1.165) is 37.2 Å². The molecule has 1 atom stereocenters. The van der Waals surface area contributed by atoms with Gasteiger partial charge in [0.2, 0.25) is 0 Å². The molecule has 0 bridgehead atoms. The number of nitrogens with two attached hydrogens (primary N) is 2. The maximum absolute atomic E-state index is 6.21. The van der Waals surface area contributed by atoms with E-state index in [0.29, 0.717) is 27.7 Å². The molecule has 2 aliphatic rings. The Hall–Kier alpha value is -0.830. The number of nitrogen functional groups attached to an aromatic ring is 2. The van der Waals surface area contributed by atoms with Gasteiger partial charge in [-0.25, -0.2) is 0 Å². The van der Waals surface area contributed by atoms with E-state index < -0.39 is 0 Å². The van der Waals surface area contributed by atoms with Crippen LogP contribution in [0.4, 0.5) is 17.5 Å². The molecule has 1 saturated heterocycles. The molecule has 20 heavy (non-hydrogen) atoms. The minimum absolute atomic E-state index is 0.254. The van der Waals surface area contributed by atoms with Crippen LogP contribution in [0.25, 0.3) is 0 Å². The topological polar surface area (TPSA) is 99.1 Å². The number of alkyl halides is 2. The van der Waals surface area contributed by atoms with Crippen LogP contribution in [0.2, 0.25) is 0 Å². The molecule has 1 aliphatic heterocycles. The Kier molecular flexibility index (Phi) is 4.16. The van der Waals surface area contributed by atoms with Crippen molar-refractivity contribution in [2.45, 2.75) is 41.8 Å². The van der Waals surface area contributed by atoms with E-state index >= 15 is 0 Å². The molecule has 1 saturated carbocycles. The van der Waals surface area contributed by atoms with Crippen LogP contribution in [0.15, 0.2) is 0 Å². The van der Waals surface area contributed by atoms with Gasteiger partial charge < -0.3 is 0 Å². The third kappa shape index (κ3) is 3.08. The van der Waals surface area contributed by atoms with Gasteiger partial charge in [0, 0.05) is 0 Å². The number of nitrogens with zero attached hydrogens (tertiary/aromatic N) is 2. The van der Waals surface area contributed by atoms with Gasteiger partial charge in [-0.2, -0.15) is 0 Å². The Morgan fingerprint density at radius 2 is 1.90 bits per heavy atom. The number of rotatable bonds is 4. The summed E-state index contributed by atoms with van der Waals surface area (Å²) in [5, 5.41) is 3.46. The van der Waals surface area contributed by atoms with Crippen molar-refractivity contribution in [1.29, 1.82) is 0 Å². The Morgan fingerprint density at radius 3 is 2.50 bits per heavy atom. The number of hydrogen-bond donors (Lipinski definition) is 3. The van der Waals surface area contributed by atoms with Gasteiger partial charge in [0.25, 0.3) is 0 Å². The van der Waals surface area contributed by atoms with Gasteiger partial charge in [0.1, 0.15) is 0 Å². The number of methoxy groups -OCH3 is 1. The molecule has 6 nitrogen and oxygen atoms in total. The van der Waals surface area contributed by atoms with Gasteiger partial charge in [-0.15, -0.1) is 0 Å². The van der Waals surface area contributed by atoms with Gasteiger partial charge >= 0.3 is 129 Å². The Bertz CT molecular complexity index is 486. The van der Waals surface area contributed by atoms with Crippen molar-refractivity contribution >= 4 is 17.5 Å². The normalized spacial score (nSPS) is 29.6. The van der Waals surface area contributed by atoms with E-state index in [2.05, 4.69) is 15.3 Å². The zero-order valence-electron chi connectivity index (χ0n) is 11.6. The number of ether oxygens (including phenoxy) is 1. The van der Waals surface area contributed by atoms with Gasteiger partial charge in [0.05, 0.1) is 0 Å². The van der Waals surface area contributed by atoms with Crippen LogP contribution >= 0.6 is 0 Å². The summed E-state index contributed by atoms with van der Waals surface area (Å²) in [5.74, 6) is 1.06. The summed E-state index contributed by atoms with van der Waals surface area (Å²) in [6.07, 6.45) is 4.71. The molecular formula is C13H21IN5O-. The van der Waals surface area contributed by atoms with E-state index in [-0.39, 0.29) is 21.2 Å². The summed E-state index contributed by atoms with van der Waals surface area (Å²) in [4.78, 5) is 8.61. The molecule has 112 valence electrons. The molecule has 1 unspecified atom stereocenters. The fourth-order valence-electron chi connectivity index (χ4n) is 2.68. The van der Waals surface area contributed by atoms with E-state index in [1.807, 2.05) is 0 Å². The van der Waals surface area contributed by atoms with Gasteiger partial charge in [0.15, 0.2) is 0 Å². The van der Waals surface area contributed by atoms with Crippen LogP contribution in [0.1, 0.15) is 35.3 Å². The summed E-state index contributed by atoms with van der Waals surface area (Å²) >= 11 is 0.254. The number of aromatic nitrogens is 2. The predicted molar refractivity (Wildman–Crippen MR) is 75.1 cm³/mol. The molecule has 5 N–H and O–H groups in total. The summed E-state index contributed by atoms with van der Waals surface area (Å²) in [6, 6.07) is 0.403. The Morgan fingerprint density at radius 1 is 1.20 bits per heavy atom. The number of nitrogens with one attached hydrogen (secondary N) is 1. The van der Waals surface area contributed by atoms with E-state index in [1.165, 1.54) is 4.43 Å². The third-order valence-corrected chi connectivity index (χ3v) is 6.30. The molecule has 3 rings (SSSR count). The molecule has 1 aromatic rings. The summed E-state index contributed by atoms with van der Waals surface area (Å²) in [6.45, 7) is 0. The van der Waals surface area contributed by atoms with Crippen molar-refractivity contribution in [3.8, 4) is 0 Å².